The highest BCUT2D eigenvalue weighted by atomic mass is 16.1. The Balaban J connectivity index is 2.06. The molecule has 6 atom stereocenters. The van der Waals surface area contributed by atoms with Crippen LogP contribution in [0, 0.1) is 46.3 Å². The van der Waals surface area contributed by atoms with Gasteiger partial charge in [0.25, 0.3) is 0 Å². The van der Waals surface area contributed by atoms with Crippen molar-refractivity contribution in [3.8, 4) is 6.07 Å². The Kier molecular flexibility index (Phi) is 0.296. The third-order valence-electron chi connectivity index (χ3n) is 4.19. The molecule has 0 aromatic carbocycles. The Morgan fingerprint density at radius 1 is 1.50 bits per heavy atom. The van der Waals surface area contributed by atoms with Gasteiger partial charge in [0.2, 0.25) is 0 Å². The van der Waals surface area contributed by atoms with Crippen LogP contribution < -0.4 is 0 Å². The van der Waals surface area contributed by atoms with Crippen molar-refractivity contribution in [3.63, 3.8) is 0 Å². The monoisotopic (exact) mass is 131 g/mol. The van der Waals surface area contributed by atoms with Gasteiger partial charge in [0.15, 0.2) is 0 Å². The summed E-state index contributed by atoms with van der Waals surface area (Å²) in [6, 6.07) is 2.34. The van der Waals surface area contributed by atoms with Crippen LogP contribution in [0.2, 0.25) is 0 Å². The Morgan fingerprint density at radius 2 is 2.30 bits per heavy atom. The molecule has 2 nitrogen and oxygen atoms in total. The molecule has 0 aromatic rings. The van der Waals surface area contributed by atoms with Crippen molar-refractivity contribution in [1.29, 1.82) is 5.26 Å². The van der Waals surface area contributed by atoms with E-state index in [0.29, 0.717) is 29.5 Å². The topological polar surface area (TPSA) is 40.9 Å². The molecule has 48 valence electrons. The van der Waals surface area contributed by atoms with Crippen molar-refractivity contribution in [2.24, 2.45) is 35.0 Å². The van der Waals surface area contributed by atoms with Gasteiger partial charge in [0.05, 0.1) is 11.5 Å². The van der Waals surface area contributed by atoms with Crippen LogP contribution in [0.1, 0.15) is 0 Å². The van der Waals surface area contributed by atoms with E-state index in [1.54, 1.807) is 0 Å². The van der Waals surface area contributed by atoms with Crippen LogP contribution in [0.25, 0.3) is 0 Å². The maximum atomic E-state index is 11.2. The average molecular weight is 131 g/mol. The molecule has 5 fully saturated rings. The van der Waals surface area contributed by atoms with Crippen molar-refractivity contribution in [3.05, 3.63) is 0 Å². The first kappa shape index (κ1) is 4.12. The SMILES string of the molecule is N#CC12C3C4C1[C@H]2C(=O)[C@@H]43. The van der Waals surface area contributed by atoms with Crippen molar-refractivity contribution < 1.29 is 4.79 Å². The minimum absolute atomic E-state index is 0.0770. The van der Waals surface area contributed by atoms with Crippen LogP contribution in [0.4, 0.5) is 0 Å². The van der Waals surface area contributed by atoms with Gasteiger partial charge in [-0.05, 0) is 17.8 Å². The Hall–Kier alpha value is -0.840. The molecule has 5 saturated carbocycles. The summed E-state index contributed by atoms with van der Waals surface area (Å²) in [7, 11) is 0. The van der Waals surface area contributed by atoms with Gasteiger partial charge < -0.3 is 0 Å². The molecule has 2 bridgehead atoms. The molecule has 0 spiro atoms. The van der Waals surface area contributed by atoms with Crippen molar-refractivity contribution >= 4 is 5.78 Å². The Morgan fingerprint density at radius 3 is 2.50 bits per heavy atom. The predicted octanol–water partition coefficient (Wildman–Crippen LogP) is 0.201. The van der Waals surface area contributed by atoms with E-state index in [4.69, 9.17) is 5.26 Å². The molecule has 5 rings (SSSR count). The number of nitriles is 1. The standard InChI is InChI=1S/C8H5NO/c9-1-8-4-2-3(4)7(10)6(8)5(2)8/h2-6H/t2?,3-,4?,5?,6-,8?/m0/s1. The Bertz CT molecular complexity index is 321. The maximum absolute atomic E-state index is 11.2. The number of carbonyl (C=O) groups is 1. The number of hydrogen-bond donors (Lipinski definition) is 0. The van der Waals surface area contributed by atoms with Gasteiger partial charge in [-0.25, -0.2) is 0 Å². The molecule has 5 aliphatic carbocycles. The second-order valence-electron chi connectivity index (χ2n) is 4.08. The summed E-state index contributed by atoms with van der Waals surface area (Å²) in [4.78, 5) is 11.2. The third-order valence-corrected chi connectivity index (χ3v) is 4.19. The van der Waals surface area contributed by atoms with Gasteiger partial charge in [-0.2, -0.15) is 5.26 Å². The normalized spacial score (nSPS) is 77.5. The molecule has 0 aliphatic heterocycles. The van der Waals surface area contributed by atoms with E-state index in [0.717, 1.165) is 0 Å². The van der Waals surface area contributed by atoms with Crippen LogP contribution in [0.15, 0.2) is 0 Å². The summed E-state index contributed by atoms with van der Waals surface area (Å²) in [5.74, 6) is 2.80. The number of hydrogen-bond acceptors (Lipinski definition) is 2. The molecule has 10 heavy (non-hydrogen) atoms. The lowest BCUT2D eigenvalue weighted by atomic mass is 9.86. The second kappa shape index (κ2) is 0.717. The minimum atomic E-state index is -0.0770. The largest absolute Gasteiger partial charge is 0.299 e. The number of Topliss-reactive ketones (excluding diaryl/α,β-unsaturated/α-hetero) is 1. The molecule has 0 saturated heterocycles. The minimum Gasteiger partial charge on any atom is -0.299 e. The molecule has 0 heterocycles. The van der Waals surface area contributed by atoms with Gasteiger partial charge in [-0.1, -0.05) is 0 Å². The molecular weight excluding hydrogens is 126 g/mol. The molecule has 0 radical (unpaired) electrons. The molecule has 5 aliphatic rings. The van der Waals surface area contributed by atoms with E-state index in [9.17, 15) is 4.79 Å². The molecule has 0 amide bonds. The highest BCUT2D eigenvalue weighted by molar-refractivity contribution is 6.01. The molecule has 0 aromatic heterocycles. The second-order valence-corrected chi connectivity index (χ2v) is 4.08. The van der Waals surface area contributed by atoms with Gasteiger partial charge in [0, 0.05) is 11.8 Å². The summed E-state index contributed by atoms with van der Waals surface area (Å²) in [6.45, 7) is 0. The van der Waals surface area contributed by atoms with Crippen LogP contribution in [-0.2, 0) is 4.79 Å². The molecule has 0 N–H and O–H groups in total. The van der Waals surface area contributed by atoms with Gasteiger partial charge in [0.1, 0.15) is 5.78 Å². The summed E-state index contributed by atoms with van der Waals surface area (Å²) in [5.41, 5.74) is -0.0770. The van der Waals surface area contributed by atoms with E-state index >= 15 is 0 Å². The molecule has 4 unspecified atom stereocenters. The first-order chi connectivity index (χ1) is 4.84. The lowest BCUT2D eigenvalue weighted by Gasteiger charge is -2.13. The lowest BCUT2D eigenvalue weighted by Crippen LogP contribution is -2.16. The Labute approximate surface area is 57.8 Å². The third kappa shape index (κ3) is 0.139. The number of carbonyl (C=O) groups excluding carboxylic acids is 1. The summed E-state index contributed by atoms with van der Waals surface area (Å²) in [5, 5.41) is 8.80. The van der Waals surface area contributed by atoms with Gasteiger partial charge in [-0.15, -0.1) is 0 Å². The van der Waals surface area contributed by atoms with Crippen LogP contribution >= 0.6 is 0 Å². The first-order valence-electron chi connectivity index (χ1n) is 3.79. The predicted molar refractivity (Wildman–Crippen MR) is 30.5 cm³/mol. The zero-order chi connectivity index (χ0) is 6.67. The zero-order valence-corrected chi connectivity index (χ0v) is 5.24. The lowest BCUT2D eigenvalue weighted by molar-refractivity contribution is -0.120. The van der Waals surface area contributed by atoms with Gasteiger partial charge in [-0.3, -0.25) is 4.79 Å². The van der Waals surface area contributed by atoms with E-state index < -0.39 is 0 Å². The average Bonchev–Trinajstić information content (AvgIpc) is 2.61. The van der Waals surface area contributed by atoms with Crippen LogP contribution in [-0.4, -0.2) is 5.78 Å². The smallest absolute Gasteiger partial charge is 0.141 e. The highest BCUT2D eigenvalue weighted by Gasteiger charge is 3.01. The van der Waals surface area contributed by atoms with Crippen molar-refractivity contribution in [1.82, 2.24) is 0 Å². The summed E-state index contributed by atoms with van der Waals surface area (Å²) < 4.78 is 0. The zero-order valence-electron chi connectivity index (χ0n) is 5.24. The summed E-state index contributed by atoms with van der Waals surface area (Å²) in [6.07, 6.45) is 0. The van der Waals surface area contributed by atoms with E-state index in [-0.39, 0.29) is 11.3 Å². The number of rotatable bonds is 0. The van der Waals surface area contributed by atoms with Gasteiger partial charge >= 0.3 is 0 Å². The summed E-state index contributed by atoms with van der Waals surface area (Å²) >= 11 is 0. The van der Waals surface area contributed by atoms with Crippen molar-refractivity contribution in [2.45, 2.75) is 0 Å². The van der Waals surface area contributed by atoms with Crippen LogP contribution in [0.3, 0.4) is 0 Å². The van der Waals surface area contributed by atoms with E-state index in [2.05, 4.69) is 6.07 Å². The van der Waals surface area contributed by atoms with Crippen molar-refractivity contribution in [2.75, 3.05) is 0 Å². The first-order valence-corrected chi connectivity index (χ1v) is 3.79. The fourth-order valence-corrected chi connectivity index (χ4v) is 3.89. The fraction of sp³-hybridized carbons (Fsp3) is 0.750. The quantitative estimate of drug-likeness (QED) is 0.471. The van der Waals surface area contributed by atoms with E-state index in [1.165, 1.54) is 0 Å². The van der Waals surface area contributed by atoms with Crippen LogP contribution in [0.5, 0.6) is 0 Å². The van der Waals surface area contributed by atoms with E-state index in [1.807, 2.05) is 0 Å². The maximum Gasteiger partial charge on any atom is 0.141 e. The molecule has 2 heteroatoms. The number of nitrogens with zero attached hydrogens (tertiary/aromatic N) is 1. The highest BCUT2D eigenvalue weighted by Crippen LogP contribution is 2.97. The fourth-order valence-electron chi connectivity index (χ4n) is 3.89. The number of ketones is 1. The molecular formula is C8H5NO.